The second-order valence-corrected chi connectivity index (χ2v) is 7.78. The van der Waals surface area contributed by atoms with E-state index < -0.39 is 23.6 Å². The van der Waals surface area contributed by atoms with E-state index in [9.17, 15) is 22.4 Å². The summed E-state index contributed by atoms with van der Waals surface area (Å²) >= 11 is 0. The summed E-state index contributed by atoms with van der Waals surface area (Å²) in [6, 6.07) is 11.3. The van der Waals surface area contributed by atoms with Crippen LogP contribution in [0.5, 0.6) is 5.75 Å². The normalized spacial score (nSPS) is 11.6. The molecule has 0 spiro atoms. The number of nitrogens with zero attached hydrogens (tertiary/aromatic N) is 1. The fourth-order valence-corrected chi connectivity index (χ4v) is 3.79. The van der Waals surface area contributed by atoms with Gasteiger partial charge in [0.1, 0.15) is 34.3 Å². The Bertz CT molecular complexity index is 1390. The molecule has 3 N–H and O–H groups in total. The summed E-state index contributed by atoms with van der Waals surface area (Å²) in [6.45, 7) is 1.59. The molecule has 0 bridgehead atoms. The van der Waals surface area contributed by atoms with Gasteiger partial charge in [0.2, 0.25) is 0 Å². The van der Waals surface area contributed by atoms with Crippen molar-refractivity contribution in [1.82, 2.24) is 10.3 Å². The zero-order chi connectivity index (χ0) is 25.3. The van der Waals surface area contributed by atoms with Crippen LogP contribution in [0.3, 0.4) is 0 Å². The topological polar surface area (TPSA) is 90.4 Å². The SMILES string of the molecule is COc1ccc(-c2cc(C(=O)NCc3c(C)cccc3F)c(CN)o2)c2ccc(C(F)(F)F)nc12. The Morgan fingerprint density at radius 2 is 1.94 bits per heavy atom. The van der Waals surface area contributed by atoms with E-state index in [0.717, 1.165) is 6.07 Å². The van der Waals surface area contributed by atoms with Crippen LogP contribution < -0.4 is 15.8 Å². The maximum atomic E-state index is 14.1. The van der Waals surface area contributed by atoms with Crippen LogP contribution in [0.2, 0.25) is 0 Å². The number of nitrogens with one attached hydrogen (secondary N) is 1. The number of nitrogens with two attached hydrogens (primary N) is 1. The van der Waals surface area contributed by atoms with E-state index in [2.05, 4.69) is 10.3 Å². The molecule has 0 saturated heterocycles. The van der Waals surface area contributed by atoms with E-state index in [0.29, 0.717) is 22.1 Å². The maximum Gasteiger partial charge on any atom is 0.433 e. The number of pyridine rings is 1. The van der Waals surface area contributed by atoms with Gasteiger partial charge in [0, 0.05) is 23.1 Å². The largest absolute Gasteiger partial charge is 0.494 e. The number of aryl methyl sites for hydroxylation is 1. The lowest BCUT2D eigenvalue weighted by Crippen LogP contribution is -2.24. The predicted octanol–water partition coefficient (Wildman–Crippen LogP) is 5.36. The fourth-order valence-electron chi connectivity index (χ4n) is 3.79. The molecule has 0 saturated carbocycles. The van der Waals surface area contributed by atoms with Crippen molar-refractivity contribution < 1.29 is 31.5 Å². The first kappa shape index (κ1) is 24.2. The average Bonchev–Trinajstić information content (AvgIpc) is 3.26. The van der Waals surface area contributed by atoms with Gasteiger partial charge in [-0.3, -0.25) is 4.79 Å². The molecule has 2 heterocycles. The highest BCUT2D eigenvalue weighted by atomic mass is 19.4. The lowest BCUT2D eigenvalue weighted by molar-refractivity contribution is -0.140. The van der Waals surface area contributed by atoms with E-state index in [1.165, 1.54) is 31.4 Å². The first-order valence-corrected chi connectivity index (χ1v) is 10.5. The van der Waals surface area contributed by atoms with Crippen LogP contribution in [0.25, 0.3) is 22.2 Å². The zero-order valence-electron chi connectivity index (χ0n) is 18.8. The molecule has 6 nitrogen and oxygen atoms in total. The van der Waals surface area contributed by atoms with Crippen LogP contribution in [-0.4, -0.2) is 18.0 Å². The van der Waals surface area contributed by atoms with Crippen molar-refractivity contribution in [3.8, 4) is 17.1 Å². The molecule has 0 aliphatic heterocycles. The molecule has 0 fully saturated rings. The Kier molecular flexibility index (Phi) is 6.49. The Morgan fingerprint density at radius 3 is 2.60 bits per heavy atom. The van der Waals surface area contributed by atoms with Gasteiger partial charge >= 0.3 is 6.18 Å². The zero-order valence-corrected chi connectivity index (χ0v) is 18.8. The first-order chi connectivity index (χ1) is 16.6. The molecule has 4 aromatic rings. The molecule has 2 aromatic heterocycles. The number of alkyl halides is 3. The number of hydrogen-bond donors (Lipinski definition) is 2. The molecule has 0 atom stereocenters. The smallest absolute Gasteiger partial charge is 0.433 e. The average molecular weight is 487 g/mol. The highest BCUT2D eigenvalue weighted by molar-refractivity contribution is 6.00. The Hall–Kier alpha value is -3.92. The summed E-state index contributed by atoms with van der Waals surface area (Å²) in [4.78, 5) is 16.6. The van der Waals surface area contributed by atoms with E-state index in [-0.39, 0.29) is 41.4 Å². The molecule has 0 unspecified atom stereocenters. The Labute approximate surface area is 197 Å². The number of benzene rings is 2. The number of hydrogen-bond acceptors (Lipinski definition) is 5. The summed E-state index contributed by atoms with van der Waals surface area (Å²) < 4.78 is 64.7. The van der Waals surface area contributed by atoms with Crippen molar-refractivity contribution in [2.45, 2.75) is 26.2 Å². The maximum absolute atomic E-state index is 14.1. The van der Waals surface area contributed by atoms with Gasteiger partial charge in [-0.25, -0.2) is 9.37 Å². The number of halogens is 4. The number of fused-ring (bicyclic) bond motifs is 1. The van der Waals surface area contributed by atoms with Crippen LogP contribution in [0.4, 0.5) is 17.6 Å². The lowest BCUT2D eigenvalue weighted by atomic mass is 10.0. The molecule has 0 radical (unpaired) electrons. The number of methoxy groups -OCH3 is 1. The lowest BCUT2D eigenvalue weighted by Gasteiger charge is -2.11. The third-order valence-corrected chi connectivity index (χ3v) is 5.61. The molecule has 0 aliphatic carbocycles. The molecule has 2 aromatic carbocycles. The van der Waals surface area contributed by atoms with Gasteiger partial charge in [0.25, 0.3) is 5.91 Å². The van der Waals surface area contributed by atoms with Crippen molar-refractivity contribution in [2.24, 2.45) is 5.73 Å². The monoisotopic (exact) mass is 487 g/mol. The molecule has 10 heteroatoms. The van der Waals surface area contributed by atoms with Crippen LogP contribution in [-0.2, 0) is 19.3 Å². The number of carbonyl (C=O) groups is 1. The van der Waals surface area contributed by atoms with E-state index in [1.807, 2.05) is 0 Å². The molecule has 182 valence electrons. The van der Waals surface area contributed by atoms with Gasteiger partial charge in [-0.2, -0.15) is 13.2 Å². The summed E-state index contributed by atoms with van der Waals surface area (Å²) in [6.07, 6.45) is -4.63. The van der Waals surface area contributed by atoms with Gasteiger partial charge in [-0.15, -0.1) is 0 Å². The number of ether oxygens (including phenoxy) is 1. The fraction of sp³-hybridized carbons (Fsp3) is 0.200. The Balaban J connectivity index is 1.72. The standard InChI is InChI=1S/C25H21F4N3O3/c1-13-4-3-5-18(26)17(13)12-31-24(33)16-10-20(35-21(16)11-30)14-6-8-19(34-2)23-15(14)7-9-22(32-23)25(27,28)29/h3-10H,11-12,30H2,1-2H3,(H,31,33). The van der Waals surface area contributed by atoms with Gasteiger partial charge < -0.3 is 20.2 Å². The van der Waals surface area contributed by atoms with E-state index in [4.69, 9.17) is 14.9 Å². The number of furan rings is 1. The van der Waals surface area contributed by atoms with Crippen molar-refractivity contribution in [3.63, 3.8) is 0 Å². The summed E-state index contributed by atoms with van der Waals surface area (Å²) in [7, 11) is 1.33. The quantitative estimate of drug-likeness (QED) is 0.358. The predicted molar refractivity (Wildman–Crippen MR) is 121 cm³/mol. The molecular weight excluding hydrogens is 466 g/mol. The minimum atomic E-state index is -4.63. The number of amides is 1. The molecule has 1 amide bonds. The third-order valence-electron chi connectivity index (χ3n) is 5.61. The second kappa shape index (κ2) is 9.38. The molecule has 0 aliphatic rings. The molecule has 4 rings (SSSR count). The van der Waals surface area contributed by atoms with Crippen molar-refractivity contribution >= 4 is 16.8 Å². The summed E-state index contributed by atoms with van der Waals surface area (Å²) in [5.74, 6) is -0.428. The van der Waals surface area contributed by atoms with Crippen molar-refractivity contribution in [1.29, 1.82) is 0 Å². The van der Waals surface area contributed by atoms with Crippen molar-refractivity contribution in [2.75, 3.05) is 7.11 Å². The van der Waals surface area contributed by atoms with Gasteiger partial charge in [-0.05, 0) is 48.9 Å². The van der Waals surface area contributed by atoms with Crippen LogP contribution >= 0.6 is 0 Å². The molecule has 35 heavy (non-hydrogen) atoms. The number of rotatable bonds is 6. The third kappa shape index (κ3) is 4.69. The van der Waals surface area contributed by atoms with E-state index in [1.54, 1.807) is 25.1 Å². The number of carbonyl (C=O) groups excluding carboxylic acids is 1. The van der Waals surface area contributed by atoms with Crippen LogP contribution in [0, 0.1) is 12.7 Å². The highest BCUT2D eigenvalue weighted by Crippen LogP contribution is 2.38. The van der Waals surface area contributed by atoms with Crippen molar-refractivity contribution in [3.05, 3.63) is 82.5 Å². The van der Waals surface area contributed by atoms with Gasteiger partial charge in [0.15, 0.2) is 0 Å². The number of aromatic nitrogens is 1. The van der Waals surface area contributed by atoms with Gasteiger partial charge in [-0.1, -0.05) is 12.1 Å². The minimum absolute atomic E-state index is 0.00782. The highest BCUT2D eigenvalue weighted by Gasteiger charge is 2.33. The first-order valence-electron chi connectivity index (χ1n) is 10.5. The Morgan fingerprint density at radius 1 is 1.17 bits per heavy atom. The molecular formula is C25H21F4N3O3. The summed E-state index contributed by atoms with van der Waals surface area (Å²) in [5, 5.41) is 3.00. The summed E-state index contributed by atoms with van der Waals surface area (Å²) in [5.41, 5.74) is 6.28. The van der Waals surface area contributed by atoms with E-state index >= 15 is 0 Å². The van der Waals surface area contributed by atoms with Gasteiger partial charge in [0.05, 0.1) is 19.2 Å². The van der Waals surface area contributed by atoms with Crippen LogP contribution in [0.15, 0.2) is 52.9 Å². The second-order valence-electron chi connectivity index (χ2n) is 7.78. The van der Waals surface area contributed by atoms with Crippen LogP contribution in [0.1, 0.15) is 32.9 Å². The minimum Gasteiger partial charge on any atom is -0.494 e.